The molecule has 0 saturated heterocycles. The van der Waals surface area contributed by atoms with Crippen molar-refractivity contribution in [2.24, 2.45) is 11.1 Å². The standard InChI is InChI=1S/C10H19N3O/c1-7(6-11)13(5)9(14)8(12)10(2,3)4/h7-8H,12H2,1-5H3/t7-,8?/m0/s1. The van der Waals surface area contributed by atoms with E-state index in [1.807, 2.05) is 26.8 Å². The topological polar surface area (TPSA) is 70.1 Å². The number of hydrogen-bond donors (Lipinski definition) is 1. The van der Waals surface area contributed by atoms with Crippen molar-refractivity contribution >= 4 is 5.91 Å². The van der Waals surface area contributed by atoms with E-state index in [9.17, 15) is 4.79 Å². The van der Waals surface area contributed by atoms with Crippen LogP contribution in [0.5, 0.6) is 0 Å². The zero-order valence-electron chi connectivity index (χ0n) is 9.53. The van der Waals surface area contributed by atoms with Crippen LogP contribution in [-0.2, 0) is 4.79 Å². The van der Waals surface area contributed by atoms with Gasteiger partial charge >= 0.3 is 0 Å². The third kappa shape index (κ3) is 3.00. The molecule has 14 heavy (non-hydrogen) atoms. The van der Waals surface area contributed by atoms with Gasteiger partial charge in [0.1, 0.15) is 6.04 Å². The van der Waals surface area contributed by atoms with Crippen LogP contribution in [0.3, 0.4) is 0 Å². The fraction of sp³-hybridized carbons (Fsp3) is 0.800. The number of nitrogens with zero attached hydrogens (tertiary/aromatic N) is 2. The lowest BCUT2D eigenvalue weighted by atomic mass is 9.86. The minimum Gasteiger partial charge on any atom is -0.329 e. The predicted molar refractivity (Wildman–Crippen MR) is 55.3 cm³/mol. The van der Waals surface area contributed by atoms with Gasteiger partial charge in [0, 0.05) is 7.05 Å². The SMILES string of the molecule is C[C@@H](C#N)N(C)C(=O)C(N)C(C)(C)C. The number of nitrogens with two attached hydrogens (primary N) is 1. The number of nitriles is 1. The summed E-state index contributed by atoms with van der Waals surface area (Å²) in [6.45, 7) is 7.38. The van der Waals surface area contributed by atoms with Gasteiger partial charge in [-0.15, -0.1) is 0 Å². The van der Waals surface area contributed by atoms with Crippen molar-refractivity contribution < 1.29 is 4.79 Å². The van der Waals surface area contributed by atoms with Gasteiger partial charge in [0.15, 0.2) is 0 Å². The van der Waals surface area contributed by atoms with E-state index in [1.165, 1.54) is 4.90 Å². The van der Waals surface area contributed by atoms with E-state index in [0.717, 1.165) is 0 Å². The summed E-state index contributed by atoms with van der Waals surface area (Å²) < 4.78 is 0. The Balaban J connectivity index is 4.57. The molecule has 0 radical (unpaired) electrons. The lowest BCUT2D eigenvalue weighted by molar-refractivity contribution is -0.134. The molecule has 1 amide bonds. The van der Waals surface area contributed by atoms with Crippen LogP contribution in [0.2, 0.25) is 0 Å². The summed E-state index contributed by atoms with van der Waals surface area (Å²) >= 11 is 0. The molecular formula is C10H19N3O. The minimum absolute atomic E-state index is 0.188. The Labute approximate surface area is 85.7 Å². The average Bonchev–Trinajstić information content (AvgIpc) is 2.11. The van der Waals surface area contributed by atoms with Gasteiger partial charge in [-0.2, -0.15) is 5.26 Å². The van der Waals surface area contributed by atoms with E-state index < -0.39 is 12.1 Å². The number of likely N-dealkylation sites (N-methyl/N-ethyl adjacent to an activating group) is 1. The Morgan fingerprint density at radius 3 is 2.21 bits per heavy atom. The van der Waals surface area contributed by atoms with Gasteiger partial charge in [-0.1, -0.05) is 20.8 Å². The number of amides is 1. The molecular weight excluding hydrogens is 178 g/mol. The molecule has 0 heterocycles. The highest BCUT2D eigenvalue weighted by Crippen LogP contribution is 2.19. The first-order chi connectivity index (χ1) is 6.21. The molecule has 0 bridgehead atoms. The zero-order valence-corrected chi connectivity index (χ0v) is 9.53. The maximum atomic E-state index is 11.7. The van der Waals surface area contributed by atoms with Crippen molar-refractivity contribution in [1.82, 2.24) is 4.90 Å². The summed E-state index contributed by atoms with van der Waals surface area (Å²) in [7, 11) is 1.60. The molecule has 1 unspecified atom stereocenters. The Bertz CT molecular complexity index is 249. The molecule has 4 nitrogen and oxygen atoms in total. The van der Waals surface area contributed by atoms with Crippen LogP contribution in [0, 0.1) is 16.7 Å². The Morgan fingerprint density at radius 1 is 1.50 bits per heavy atom. The van der Waals surface area contributed by atoms with Crippen molar-refractivity contribution in [3.63, 3.8) is 0 Å². The number of hydrogen-bond acceptors (Lipinski definition) is 3. The molecule has 0 rings (SSSR count). The molecule has 0 aromatic heterocycles. The summed E-state index contributed by atoms with van der Waals surface area (Å²) in [5, 5.41) is 8.65. The summed E-state index contributed by atoms with van der Waals surface area (Å²) in [6.07, 6.45) is 0. The lowest BCUT2D eigenvalue weighted by Crippen LogP contribution is -2.51. The number of carbonyl (C=O) groups is 1. The van der Waals surface area contributed by atoms with Crippen LogP contribution in [0.4, 0.5) is 0 Å². The van der Waals surface area contributed by atoms with E-state index >= 15 is 0 Å². The average molecular weight is 197 g/mol. The highest BCUT2D eigenvalue weighted by Gasteiger charge is 2.31. The maximum absolute atomic E-state index is 11.7. The van der Waals surface area contributed by atoms with Crippen LogP contribution in [0.1, 0.15) is 27.7 Å². The number of carbonyl (C=O) groups excluding carboxylic acids is 1. The van der Waals surface area contributed by atoms with E-state index in [1.54, 1.807) is 14.0 Å². The van der Waals surface area contributed by atoms with Crippen LogP contribution in [0.25, 0.3) is 0 Å². The Hall–Kier alpha value is -1.08. The van der Waals surface area contributed by atoms with Gasteiger partial charge in [-0.3, -0.25) is 4.79 Å². The van der Waals surface area contributed by atoms with E-state index in [0.29, 0.717) is 0 Å². The molecule has 0 aliphatic heterocycles. The molecule has 0 aromatic carbocycles. The summed E-state index contributed by atoms with van der Waals surface area (Å²) in [4.78, 5) is 13.1. The van der Waals surface area contributed by atoms with Crippen molar-refractivity contribution in [2.75, 3.05) is 7.05 Å². The normalized spacial score (nSPS) is 15.5. The van der Waals surface area contributed by atoms with Crippen molar-refractivity contribution in [3.05, 3.63) is 0 Å². The third-order valence-corrected chi connectivity index (χ3v) is 2.31. The van der Waals surface area contributed by atoms with Crippen LogP contribution < -0.4 is 5.73 Å². The van der Waals surface area contributed by atoms with Crippen molar-refractivity contribution in [1.29, 1.82) is 5.26 Å². The van der Waals surface area contributed by atoms with Gasteiger partial charge in [0.2, 0.25) is 5.91 Å². The van der Waals surface area contributed by atoms with Crippen LogP contribution >= 0.6 is 0 Å². The lowest BCUT2D eigenvalue weighted by Gasteiger charge is -2.30. The molecule has 0 saturated carbocycles. The second kappa shape index (κ2) is 4.43. The predicted octanol–water partition coefficient (Wildman–Crippen LogP) is 0.730. The van der Waals surface area contributed by atoms with E-state index in [4.69, 9.17) is 11.0 Å². The van der Waals surface area contributed by atoms with Crippen molar-refractivity contribution in [2.45, 2.75) is 39.8 Å². The van der Waals surface area contributed by atoms with Gasteiger partial charge in [0.05, 0.1) is 12.1 Å². The summed E-state index contributed by atoms with van der Waals surface area (Å²) in [5.41, 5.74) is 5.51. The fourth-order valence-corrected chi connectivity index (χ4v) is 0.867. The van der Waals surface area contributed by atoms with Gasteiger partial charge in [-0.05, 0) is 12.3 Å². The van der Waals surface area contributed by atoms with Crippen LogP contribution in [0.15, 0.2) is 0 Å². The van der Waals surface area contributed by atoms with Gasteiger partial charge in [-0.25, -0.2) is 0 Å². The van der Waals surface area contributed by atoms with E-state index in [2.05, 4.69) is 0 Å². The molecule has 2 N–H and O–H groups in total. The first-order valence-corrected chi connectivity index (χ1v) is 4.63. The van der Waals surface area contributed by atoms with Gasteiger partial charge in [0.25, 0.3) is 0 Å². The second-order valence-corrected chi connectivity index (χ2v) is 4.60. The van der Waals surface area contributed by atoms with Crippen molar-refractivity contribution in [3.8, 4) is 6.07 Å². The molecule has 0 spiro atoms. The van der Waals surface area contributed by atoms with Crippen LogP contribution in [-0.4, -0.2) is 29.9 Å². The highest BCUT2D eigenvalue weighted by molar-refractivity contribution is 5.82. The summed E-state index contributed by atoms with van der Waals surface area (Å²) in [6, 6.07) is 1.00. The summed E-state index contributed by atoms with van der Waals surface area (Å²) in [5.74, 6) is -0.188. The largest absolute Gasteiger partial charge is 0.329 e. The third-order valence-electron chi connectivity index (χ3n) is 2.31. The molecule has 0 aromatic rings. The highest BCUT2D eigenvalue weighted by atomic mass is 16.2. The van der Waals surface area contributed by atoms with E-state index in [-0.39, 0.29) is 11.3 Å². The minimum atomic E-state index is -0.566. The maximum Gasteiger partial charge on any atom is 0.240 e. The Morgan fingerprint density at radius 2 is 1.93 bits per heavy atom. The molecule has 0 aliphatic carbocycles. The molecule has 80 valence electrons. The number of rotatable bonds is 2. The first-order valence-electron chi connectivity index (χ1n) is 4.63. The first kappa shape index (κ1) is 12.9. The molecule has 0 fully saturated rings. The zero-order chi connectivity index (χ0) is 11.5. The second-order valence-electron chi connectivity index (χ2n) is 4.60. The monoisotopic (exact) mass is 197 g/mol. The Kier molecular flexibility index (Phi) is 4.08. The molecule has 2 atom stereocenters. The molecule has 4 heteroatoms. The molecule has 0 aliphatic rings. The smallest absolute Gasteiger partial charge is 0.240 e. The van der Waals surface area contributed by atoms with Gasteiger partial charge < -0.3 is 10.6 Å². The fourth-order valence-electron chi connectivity index (χ4n) is 0.867. The quantitative estimate of drug-likeness (QED) is 0.709.